The van der Waals surface area contributed by atoms with Crippen molar-refractivity contribution in [1.29, 1.82) is 0 Å². The summed E-state index contributed by atoms with van der Waals surface area (Å²) in [4.78, 5) is 18.6. The summed E-state index contributed by atoms with van der Waals surface area (Å²) >= 11 is 0. The number of anilines is 2. The number of imidazole rings is 1. The van der Waals surface area contributed by atoms with Gasteiger partial charge in [0.15, 0.2) is 5.65 Å². The topological polar surface area (TPSA) is 62.5 Å². The van der Waals surface area contributed by atoms with Gasteiger partial charge in [0.1, 0.15) is 17.5 Å². The van der Waals surface area contributed by atoms with Crippen LogP contribution in [0.4, 0.5) is 11.6 Å². The summed E-state index contributed by atoms with van der Waals surface area (Å²) in [6, 6.07) is 4.11. The fraction of sp³-hybridized carbons (Fsp3) is 0.474. The lowest BCUT2D eigenvalue weighted by Crippen LogP contribution is -2.32. The van der Waals surface area contributed by atoms with E-state index in [1.807, 2.05) is 23.7 Å². The Morgan fingerprint density at radius 2 is 1.81 bits per heavy atom. The molecule has 5 rings (SSSR count). The maximum Gasteiger partial charge on any atom is 0.153 e. The number of hydrogen-bond donors (Lipinski definition) is 0. The largest absolute Gasteiger partial charge is 0.354 e. The molecule has 1 aliphatic carbocycles. The molecule has 0 amide bonds. The number of hydrogen-bond acceptors (Lipinski definition) is 6. The molecule has 0 N–H and O–H groups in total. The molecule has 3 aromatic heterocycles. The molecule has 1 aliphatic heterocycles. The van der Waals surface area contributed by atoms with Gasteiger partial charge in [0.05, 0.1) is 0 Å². The Labute approximate surface area is 152 Å². The van der Waals surface area contributed by atoms with E-state index in [4.69, 9.17) is 10.1 Å². The van der Waals surface area contributed by atoms with E-state index in [2.05, 4.69) is 25.8 Å². The van der Waals surface area contributed by atoms with Crippen LogP contribution in [-0.2, 0) is 12.8 Å². The first-order valence-electron chi connectivity index (χ1n) is 9.44. The van der Waals surface area contributed by atoms with Crippen LogP contribution in [-0.4, -0.2) is 50.7 Å². The molecule has 26 heavy (non-hydrogen) atoms. The maximum atomic E-state index is 4.81. The summed E-state index contributed by atoms with van der Waals surface area (Å²) in [5.41, 5.74) is 3.53. The molecule has 0 bridgehead atoms. The molecule has 0 unspecified atom stereocenters. The second-order valence-electron chi connectivity index (χ2n) is 7.12. The lowest BCUT2D eigenvalue weighted by molar-refractivity contribution is 0.776. The van der Waals surface area contributed by atoms with Crippen molar-refractivity contribution in [1.82, 2.24) is 24.6 Å². The first-order valence-corrected chi connectivity index (χ1v) is 9.44. The van der Waals surface area contributed by atoms with Crippen molar-refractivity contribution in [3.63, 3.8) is 0 Å². The SMILES string of the molecule is Cc1nc2c(c(N3CCCN(c4ccc5nccn5n4)CC3)n1)CCC2. The Morgan fingerprint density at radius 3 is 2.77 bits per heavy atom. The second kappa shape index (κ2) is 6.23. The smallest absolute Gasteiger partial charge is 0.153 e. The predicted octanol–water partition coefficient (Wildman–Crippen LogP) is 2.03. The average molecular weight is 349 g/mol. The molecule has 7 nitrogen and oxygen atoms in total. The minimum atomic E-state index is 0.886. The second-order valence-corrected chi connectivity index (χ2v) is 7.12. The van der Waals surface area contributed by atoms with Crippen molar-refractivity contribution < 1.29 is 0 Å². The van der Waals surface area contributed by atoms with Crippen LogP contribution in [0.1, 0.15) is 29.9 Å². The van der Waals surface area contributed by atoms with Crippen LogP contribution < -0.4 is 9.80 Å². The van der Waals surface area contributed by atoms with E-state index < -0.39 is 0 Å². The van der Waals surface area contributed by atoms with Gasteiger partial charge >= 0.3 is 0 Å². The number of fused-ring (bicyclic) bond motifs is 2. The van der Waals surface area contributed by atoms with Crippen molar-refractivity contribution in [2.45, 2.75) is 32.6 Å². The molecular formula is C19H23N7. The van der Waals surface area contributed by atoms with Crippen LogP contribution in [0.25, 0.3) is 5.65 Å². The molecule has 7 heteroatoms. The van der Waals surface area contributed by atoms with Gasteiger partial charge in [-0.1, -0.05) is 0 Å². The van der Waals surface area contributed by atoms with Crippen molar-refractivity contribution in [2.24, 2.45) is 0 Å². The van der Waals surface area contributed by atoms with Crippen LogP contribution in [0.2, 0.25) is 0 Å². The van der Waals surface area contributed by atoms with E-state index in [0.717, 1.165) is 62.7 Å². The third-order valence-electron chi connectivity index (χ3n) is 5.38. The molecule has 4 heterocycles. The Bertz CT molecular complexity index is 948. The molecule has 0 radical (unpaired) electrons. The highest BCUT2D eigenvalue weighted by atomic mass is 15.3. The van der Waals surface area contributed by atoms with Gasteiger partial charge in [-0.15, -0.1) is 5.10 Å². The van der Waals surface area contributed by atoms with E-state index in [1.165, 1.54) is 23.5 Å². The number of aromatic nitrogens is 5. The zero-order chi connectivity index (χ0) is 17.5. The predicted molar refractivity (Wildman–Crippen MR) is 101 cm³/mol. The summed E-state index contributed by atoms with van der Waals surface area (Å²) in [6.45, 7) is 5.97. The molecule has 1 fully saturated rings. The lowest BCUT2D eigenvalue weighted by atomic mass is 10.2. The Kier molecular flexibility index (Phi) is 3.72. The van der Waals surface area contributed by atoms with Gasteiger partial charge in [-0.25, -0.2) is 19.5 Å². The van der Waals surface area contributed by atoms with Crippen LogP contribution in [0.5, 0.6) is 0 Å². The van der Waals surface area contributed by atoms with Crippen molar-refractivity contribution >= 4 is 17.3 Å². The molecule has 3 aromatic rings. The Balaban J connectivity index is 1.39. The number of rotatable bonds is 2. The molecule has 0 aromatic carbocycles. The zero-order valence-corrected chi connectivity index (χ0v) is 15.1. The van der Waals surface area contributed by atoms with E-state index in [1.54, 1.807) is 6.20 Å². The first-order chi connectivity index (χ1) is 12.8. The summed E-state index contributed by atoms with van der Waals surface area (Å²) < 4.78 is 1.85. The van der Waals surface area contributed by atoms with Crippen LogP contribution in [0, 0.1) is 6.92 Å². The van der Waals surface area contributed by atoms with Crippen molar-refractivity contribution in [3.05, 3.63) is 41.6 Å². The average Bonchev–Trinajstić information content (AvgIpc) is 3.23. The Morgan fingerprint density at radius 1 is 0.923 bits per heavy atom. The molecule has 134 valence electrons. The lowest BCUT2D eigenvalue weighted by Gasteiger charge is -2.25. The van der Waals surface area contributed by atoms with Gasteiger partial charge in [-0.05, 0) is 44.7 Å². The van der Waals surface area contributed by atoms with E-state index >= 15 is 0 Å². The minimum Gasteiger partial charge on any atom is -0.354 e. The van der Waals surface area contributed by atoms with Gasteiger partial charge < -0.3 is 9.80 Å². The molecular weight excluding hydrogens is 326 g/mol. The number of nitrogens with zero attached hydrogens (tertiary/aromatic N) is 7. The normalized spacial score (nSPS) is 17.6. The molecule has 1 saturated heterocycles. The highest BCUT2D eigenvalue weighted by Gasteiger charge is 2.24. The highest BCUT2D eigenvalue weighted by Crippen LogP contribution is 2.29. The summed E-state index contributed by atoms with van der Waals surface area (Å²) in [6.07, 6.45) is 8.20. The van der Waals surface area contributed by atoms with Crippen LogP contribution in [0.15, 0.2) is 24.5 Å². The summed E-state index contributed by atoms with van der Waals surface area (Å²) in [5.74, 6) is 3.08. The van der Waals surface area contributed by atoms with E-state index in [0.29, 0.717) is 0 Å². The first kappa shape index (κ1) is 15.5. The summed E-state index contributed by atoms with van der Waals surface area (Å²) in [7, 11) is 0. The van der Waals surface area contributed by atoms with Crippen LogP contribution >= 0.6 is 0 Å². The van der Waals surface area contributed by atoms with Gasteiger partial charge in [-0.2, -0.15) is 0 Å². The molecule has 0 spiro atoms. The maximum absolute atomic E-state index is 4.81. The zero-order valence-electron chi connectivity index (χ0n) is 15.1. The van der Waals surface area contributed by atoms with E-state index in [-0.39, 0.29) is 0 Å². The van der Waals surface area contributed by atoms with Gasteiger partial charge in [0, 0.05) is 49.8 Å². The van der Waals surface area contributed by atoms with Gasteiger partial charge in [0.25, 0.3) is 0 Å². The standard InChI is InChI=1S/C19H23N7/c1-14-21-16-5-2-4-15(16)19(22-14)25-10-3-9-24(12-13-25)18-7-6-17-20-8-11-26(17)23-18/h6-8,11H,2-5,9-10,12-13H2,1H3. The van der Waals surface area contributed by atoms with Gasteiger partial charge in [-0.3, -0.25) is 0 Å². The molecule has 2 aliphatic rings. The fourth-order valence-electron chi connectivity index (χ4n) is 4.13. The highest BCUT2D eigenvalue weighted by molar-refractivity contribution is 5.52. The van der Waals surface area contributed by atoms with Crippen LogP contribution in [0.3, 0.4) is 0 Å². The monoisotopic (exact) mass is 349 g/mol. The minimum absolute atomic E-state index is 0.886. The molecule has 0 saturated carbocycles. The molecule has 0 atom stereocenters. The number of aryl methyl sites for hydroxylation is 2. The van der Waals surface area contributed by atoms with Gasteiger partial charge in [0.2, 0.25) is 0 Å². The quantitative estimate of drug-likeness (QED) is 0.705. The fourth-order valence-corrected chi connectivity index (χ4v) is 4.13. The van der Waals surface area contributed by atoms with E-state index in [9.17, 15) is 0 Å². The van der Waals surface area contributed by atoms with Crippen molar-refractivity contribution in [3.8, 4) is 0 Å². The van der Waals surface area contributed by atoms with Crippen molar-refractivity contribution in [2.75, 3.05) is 36.0 Å². The third kappa shape index (κ3) is 2.67. The third-order valence-corrected chi connectivity index (χ3v) is 5.38. The Hall–Kier alpha value is -2.70. The summed E-state index contributed by atoms with van der Waals surface area (Å²) in [5, 5.41) is 4.71.